The normalized spacial score (nSPS) is 17.3. The van der Waals surface area contributed by atoms with Crippen LogP contribution in [0.15, 0.2) is 34.3 Å². The van der Waals surface area contributed by atoms with Crippen molar-refractivity contribution in [3.8, 4) is 5.75 Å². The summed E-state index contributed by atoms with van der Waals surface area (Å²) in [6.07, 6.45) is 0.941. The van der Waals surface area contributed by atoms with Crippen molar-refractivity contribution >= 4 is 29.3 Å². The van der Waals surface area contributed by atoms with E-state index in [2.05, 4.69) is 9.98 Å². The lowest BCUT2D eigenvalue weighted by Gasteiger charge is -2.15. The first-order valence-corrected chi connectivity index (χ1v) is 7.36. The Morgan fingerprint density at radius 3 is 2.52 bits per heavy atom. The van der Waals surface area contributed by atoms with Gasteiger partial charge in [-0.3, -0.25) is 0 Å². The lowest BCUT2D eigenvalue weighted by atomic mass is 10.2. The van der Waals surface area contributed by atoms with Crippen LogP contribution in [-0.4, -0.2) is 59.5 Å². The van der Waals surface area contributed by atoms with Gasteiger partial charge in [0.1, 0.15) is 5.75 Å². The zero-order valence-corrected chi connectivity index (χ0v) is 13.2. The number of hydrogen-bond donors (Lipinski definition) is 0. The molecule has 1 aromatic carbocycles. The molecule has 0 aliphatic carbocycles. The molecule has 118 valence electrons. The highest BCUT2D eigenvalue weighted by Gasteiger charge is 2.44. The van der Waals surface area contributed by atoms with Gasteiger partial charge in [0.15, 0.2) is 0 Å². The van der Waals surface area contributed by atoms with E-state index in [9.17, 15) is 9.59 Å². The molecule has 2 heterocycles. The Morgan fingerprint density at radius 1 is 1.17 bits per heavy atom. The van der Waals surface area contributed by atoms with Crippen molar-refractivity contribution in [3.63, 3.8) is 0 Å². The third-order valence-electron chi connectivity index (χ3n) is 3.63. The molecule has 3 amide bonds. The third-order valence-corrected chi connectivity index (χ3v) is 3.63. The van der Waals surface area contributed by atoms with Gasteiger partial charge in [-0.05, 0) is 30.7 Å². The van der Waals surface area contributed by atoms with Gasteiger partial charge < -0.3 is 4.74 Å². The van der Waals surface area contributed by atoms with Crippen molar-refractivity contribution in [2.45, 2.75) is 13.3 Å². The van der Waals surface area contributed by atoms with E-state index in [-0.39, 0.29) is 5.71 Å². The van der Waals surface area contributed by atoms with Gasteiger partial charge in [0.25, 0.3) is 0 Å². The molecule has 2 aliphatic heterocycles. The molecule has 0 bridgehead atoms. The monoisotopic (exact) mass is 313 g/mol. The summed E-state index contributed by atoms with van der Waals surface area (Å²) in [6.45, 7) is 2.71. The first-order valence-electron chi connectivity index (χ1n) is 7.36. The maximum absolute atomic E-state index is 12.1. The van der Waals surface area contributed by atoms with E-state index in [1.807, 2.05) is 31.2 Å². The summed E-state index contributed by atoms with van der Waals surface area (Å²) in [5.41, 5.74) is 0.954. The summed E-state index contributed by atoms with van der Waals surface area (Å²) in [5, 5.41) is 0. The maximum atomic E-state index is 12.1. The number of benzene rings is 1. The largest absolute Gasteiger partial charge is 0.494 e. The second kappa shape index (κ2) is 5.75. The molecule has 0 unspecified atom stereocenters. The Balaban J connectivity index is 1.93. The fraction of sp³-hybridized carbons (Fsp3) is 0.312. The van der Waals surface area contributed by atoms with E-state index in [1.165, 1.54) is 11.6 Å². The number of amidine groups is 2. The Kier molecular flexibility index (Phi) is 3.77. The van der Waals surface area contributed by atoms with Crippen LogP contribution in [0, 0.1) is 0 Å². The molecule has 0 saturated heterocycles. The van der Waals surface area contributed by atoms with Gasteiger partial charge >= 0.3 is 17.8 Å². The van der Waals surface area contributed by atoms with E-state index in [1.54, 1.807) is 7.05 Å². The van der Waals surface area contributed by atoms with E-state index in [4.69, 9.17) is 4.74 Å². The SMILES string of the molecule is CCCOc1ccc(C2=NC3=[N+](C)C(=O)N(C)C(=O)C3=N2)cc1. The number of nitrogens with zero attached hydrogens (tertiary/aromatic N) is 4. The zero-order chi connectivity index (χ0) is 16.6. The zero-order valence-electron chi connectivity index (χ0n) is 13.2. The van der Waals surface area contributed by atoms with Crippen molar-refractivity contribution in [2.24, 2.45) is 9.98 Å². The molecule has 7 heteroatoms. The number of urea groups is 1. The van der Waals surface area contributed by atoms with Crippen LogP contribution in [0.5, 0.6) is 5.75 Å². The first kappa shape index (κ1) is 15.1. The van der Waals surface area contributed by atoms with Gasteiger partial charge in [-0.2, -0.15) is 14.5 Å². The minimum Gasteiger partial charge on any atom is -0.494 e. The fourth-order valence-corrected chi connectivity index (χ4v) is 2.32. The third kappa shape index (κ3) is 2.54. The average molecular weight is 313 g/mol. The molecule has 23 heavy (non-hydrogen) atoms. The number of fused-ring (bicyclic) bond motifs is 1. The number of amides is 3. The van der Waals surface area contributed by atoms with Crippen molar-refractivity contribution in [1.29, 1.82) is 0 Å². The molecule has 0 spiro atoms. The van der Waals surface area contributed by atoms with Crippen molar-refractivity contribution in [2.75, 3.05) is 20.7 Å². The molecule has 7 nitrogen and oxygen atoms in total. The van der Waals surface area contributed by atoms with Crippen molar-refractivity contribution < 1.29 is 18.9 Å². The summed E-state index contributed by atoms with van der Waals surface area (Å²) in [5.74, 6) is 1.04. The van der Waals surface area contributed by atoms with Gasteiger partial charge in [0, 0.05) is 5.56 Å². The minimum atomic E-state index is -0.440. The van der Waals surface area contributed by atoms with Crippen molar-refractivity contribution in [3.05, 3.63) is 29.8 Å². The lowest BCUT2D eigenvalue weighted by Crippen LogP contribution is -2.51. The van der Waals surface area contributed by atoms with Crippen LogP contribution < -0.4 is 4.74 Å². The number of carbonyl (C=O) groups is 2. The second-order valence-electron chi connectivity index (χ2n) is 5.30. The summed E-state index contributed by atoms with van der Waals surface area (Å²) in [4.78, 5) is 33.7. The van der Waals surface area contributed by atoms with Gasteiger partial charge in [0.2, 0.25) is 11.5 Å². The van der Waals surface area contributed by atoms with E-state index < -0.39 is 11.9 Å². The molecule has 0 atom stereocenters. The number of hydrogen-bond acceptors (Lipinski definition) is 5. The van der Waals surface area contributed by atoms with Gasteiger partial charge in [-0.1, -0.05) is 11.9 Å². The highest BCUT2D eigenvalue weighted by molar-refractivity contribution is 6.70. The topological polar surface area (TPSA) is 74.3 Å². The molecule has 0 saturated carbocycles. The standard InChI is InChI=1S/C16H17N4O3/c1-4-9-23-11-7-5-10(6-8-11)13-17-12-14(18-13)19(2)16(22)20(3)15(12)21/h5-8H,4,9H2,1-3H3/q+1. The lowest BCUT2D eigenvalue weighted by molar-refractivity contribution is -0.401. The number of aliphatic imine (C=N–C) groups is 2. The van der Waals surface area contributed by atoms with Crippen LogP contribution in [-0.2, 0) is 4.79 Å². The Labute approximate surface area is 133 Å². The van der Waals surface area contributed by atoms with Crippen LogP contribution in [0.4, 0.5) is 4.79 Å². The van der Waals surface area contributed by atoms with Crippen LogP contribution in [0.2, 0.25) is 0 Å². The van der Waals surface area contributed by atoms with E-state index >= 15 is 0 Å². The predicted octanol–water partition coefficient (Wildman–Crippen LogP) is 1.31. The highest BCUT2D eigenvalue weighted by atomic mass is 16.5. The summed E-state index contributed by atoms with van der Waals surface area (Å²) < 4.78 is 6.86. The minimum absolute atomic E-state index is 0.191. The number of carbonyl (C=O) groups excluding carboxylic acids is 2. The van der Waals surface area contributed by atoms with Gasteiger partial charge in [-0.25, -0.2) is 9.59 Å². The quantitative estimate of drug-likeness (QED) is 0.787. The fourth-order valence-electron chi connectivity index (χ4n) is 2.32. The first-order chi connectivity index (χ1) is 11.0. The van der Waals surface area contributed by atoms with Crippen molar-refractivity contribution in [1.82, 2.24) is 4.90 Å². The second-order valence-corrected chi connectivity index (χ2v) is 5.30. The Hall–Kier alpha value is -2.83. The molecule has 0 radical (unpaired) electrons. The molecule has 0 N–H and O–H groups in total. The van der Waals surface area contributed by atoms with Crippen LogP contribution in [0.1, 0.15) is 18.9 Å². The van der Waals surface area contributed by atoms with E-state index in [0.717, 1.165) is 22.6 Å². The molecule has 2 aliphatic rings. The molecule has 0 fully saturated rings. The number of imide groups is 1. The van der Waals surface area contributed by atoms with Crippen LogP contribution in [0.25, 0.3) is 0 Å². The Morgan fingerprint density at radius 2 is 1.87 bits per heavy atom. The highest BCUT2D eigenvalue weighted by Crippen LogP contribution is 2.17. The van der Waals surface area contributed by atoms with E-state index in [0.29, 0.717) is 18.3 Å². The summed E-state index contributed by atoms with van der Waals surface area (Å²) >= 11 is 0. The molecule has 0 aromatic heterocycles. The molecular weight excluding hydrogens is 296 g/mol. The molecule has 1 aromatic rings. The number of rotatable bonds is 4. The molecular formula is C16H17N4O3+. The molecule has 3 rings (SSSR count). The predicted molar refractivity (Wildman–Crippen MR) is 85.6 cm³/mol. The van der Waals surface area contributed by atoms with Gasteiger partial charge in [-0.15, -0.1) is 0 Å². The van der Waals surface area contributed by atoms with Gasteiger partial charge in [0.05, 0.1) is 20.7 Å². The van der Waals surface area contributed by atoms with Crippen LogP contribution in [0.3, 0.4) is 0 Å². The smallest absolute Gasteiger partial charge is 0.446 e. The summed E-state index contributed by atoms with van der Waals surface area (Å²) in [6, 6.07) is 6.92. The number of ether oxygens (including phenoxy) is 1. The maximum Gasteiger partial charge on any atom is 0.446 e. The Bertz CT molecular complexity index is 775. The summed E-state index contributed by atoms with van der Waals surface area (Å²) in [7, 11) is 3.00. The van der Waals surface area contributed by atoms with Crippen LogP contribution >= 0.6 is 0 Å². The average Bonchev–Trinajstić information content (AvgIpc) is 3.02.